The molecule has 1 heterocycles. The van der Waals surface area contributed by atoms with Crippen molar-refractivity contribution in [2.75, 3.05) is 47.9 Å². The van der Waals surface area contributed by atoms with E-state index in [1.54, 1.807) is 26.1 Å². The lowest BCUT2D eigenvalue weighted by Crippen LogP contribution is -2.42. The number of fused-ring (bicyclic) bond motifs is 1. The summed E-state index contributed by atoms with van der Waals surface area (Å²) in [5, 5.41) is 2.66. The molecule has 0 fully saturated rings. The van der Waals surface area contributed by atoms with Crippen LogP contribution in [0.15, 0.2) is 35.2 Å². The number of hydrogen-bond donors (Lipinski definition) is 1. The minimum Gasteiger partial charge on any atom is -0.497 e. The Morgan fingerprint density at radius 2 is 1.80 bits per heavy atom. The van der Waals surface area contributed by atoms with Crippen LogP contribution in [0.25, 0.3) is 0 Å². The Hall–Kier alpha value is -2.75. The van der Waals surface area contributed by atoms with Gasteiger partial charge in [0, 0.05) is 33.7 Å². The van der Waals surface area contributed by atoms with Gasteiger partial charge in [-0.05, 0) is 67.3 Å². The molecule has 1 atom stereocenters. The van der Waals surface area contributed by atoms with E-state index in [1.165, 1.54) is 15.4 Å². The fourth-order valence-corrected chi connectivity index (χ4v) is 5.51. The van der Waals surface area contributed by atoms with Gasteiger partial charge >= 0.3 is 0 Å². The first kappa shape index (κ1) is 26.8. The average molecular weight is 501 g/mol. The lowest BCUT2D eigenvalue weighted by molar-refractivity contribution is -0.132. The molecule has 0 saturated heterocycles. The number of methoxy groups -OCH3 is 1. The quantitative estimate of drug-likeness (QED) is 0.570. The highest BCUT2D eigenvalue weighted by Gasteiger charge is 2.20. The zero-order chi connectivity index (χ0) is 25.7. The molecule has 0 saturated carbocycles. The van der Waals surface area contributed by atoms with Gasteiger partial charge in [0.1, 0.15) is 16.7 Å². The van der Waals surface area contributed by atoms with Crippen LogP contribution >= 0.6 is 0 Å². The van der Waals surface area contributed by atoms with Crippen LogP contribution in [0.2, 0.25) is 0 Å². The molecule has 9 heteroatoms. The normalized spacial score (nSPS) is 14.4. The predicted molar refractivity (Wildman–Crippen MR) is 137 cm³/mol. The first-order valence-corrected chi connectivity index (χ1v) is 12.8. The monoisotopic (exact) mass is 500 g/mol. The second kappa shape index (κ2) is 11.8. The Balaban J connectivity index is 1.50. The highest BCUT2D eigenvalue weighted by atomic mass is 32.2. The van der Waals surface area contributed by atoms with E-state index in [0.29, 0.717) is 17.2 Å². The van der Waals surface area contributed by atoms with Crippen LogP contribution in [0, 0.1) is 13.8 Å². The summed E-state index contributed by atoms with van der Waals surface area (Å²) in [6.45, 7) is 5.99. The van der Waals surface area contributed by atoms with E-state index >= 15 is 0 Å². The molecule has 2 amide bonds. The molecule has 0 bridgehead atoms. The van der Waals surface area contributed by atoms with E-state index in [0.717, 1.165) is 36.2 Å². The summed E-state index contributed by atoms with van der Waals surface area (Å²) in [6.07, 6.45) is 1.05. The molecule has 1 aliphatic rings. The summed E-state index contributed by atoms with van der Waals surface area (Å²) in [5.41, 5.74) is 5.41. The summed E-state index contributed by atoms with van der Waals surface area (Å²) < 4.78 is 19.8. The number of hydrogen-bond acceptors (Lipinski definition) is 5. The van der Waals surface area contributed by atoms with E-state index in [-0.39, 0.29) is 24.9 Å². The lowest BCUT2D eigenvalue weighted by atomic mass is 9.97. The Morgan fingerprint density at radius 3 is 2.46 bits per heavy atom. The van der Waals surface area contributed by atoms with Gasteiger partial charge in [-0.25, -0.2) is 8.51 Å². The second-order valence-electron chi connectivity index (χ2n) is 9.24. The maximum absolute atomic E-state index is 13.0. The number of nitrogens with zero attached hydrogens (tertiary/aromatic N) is 3. The molecule has 0 aromatic heterocycles. The number of nitrogens with one attached hydrogen (secondary N) is 1. The number of carbonyl (C=O) groups excluding carboxylic acids is 2. The summed E-state index contributed by atoms with van der Waals surface area (Å²) in [6, 6.07) is 10.0. The van der Waals surface area contributed by atoms with Gasteiger partial charge < -0.3 is 19.9 Å². The fourth-order valence-electron chi connectivity index (χ4n) is 4.30. The van der Waals surface area contributed by atoms with Gasteiger partial charge in [0.15, 0.2) is 0 Å². The molecule has 2 aromatic rings. The van der Waals surface area contributed by atoms with Crippen LogP contribution in [0.1, 0.15) is 27.8 Å². The molecular weight excluding hydrogens is 464 g/mol. The highest BCUT2D eigenvalue weighted by Crippen LogP contribution is 2.25. The number of ether oxygens (including phenoxy) is 1. The smallest absolute Gasteiger partial charge is 0.242 e. The zero-order valence-corrected chi connectivity index (χ0v) is 22.3. The van der Waals surface area contributed by atoms with E-state index in [1.807, 2.05) is 26.0 Å². The van der Waals surface area contributed by atoms with Gasteiger partial charge in [0.25, 0.3) is 0 Å². The van der Waals surface area contributed by atoms with Crippen molar-refractivity contribution >= 4 is 22.8 Å². The third kappa shape index (κ3) is 6.90. The summed E-state index contributed by atoms with van der Waals surface area (Å²) in [7, 11) is 5.54. The van der Waals surface area contributed by atoms with Crippen LogP contribution in [0.4, 0.5) is 0 Å². The molecular formula is C26H36N4O4S. The maximum Gasteiger partial charge on any atom is 0.242 e. The van der Waals surface area contributed by atoms with Crippen LogP contribution in [0.3, 0.4) is 0 Å². The van der Waals surface area contributed by atoms with Crippen molar-refractivity contribution in [3.63, 3.8) is 0 Å². The maximum atomic E-state index is 13.0. The van der Waals surface area contributed by atoms with Crippen LogP contribution in [-0.4, -0.2) is 78.0 Å². The van der Waals surface area contributed by atoms with Crippen molar-refractivity contribution in [3.05, 3.63) is 58.1 Å². The van der Waals surface area contributed by atoms with E-state index < -0.39 is 11.0 Å². The topological polar surface area (TPSA) is 82.2 Å². The standard InChI is InChI=1S/C26H36N4O4S/c1-18-11-23(34-6)12-19(2)26(18)35(33)30(5)17-24(31)27-14-25(32)29(4)15-20-7-8-21-9-10-28(3)16-22(21)13-20/h7-8,11-13H,9-10,14-17H2,1-6H3,(H,27,31). The first-order valence-electron chi connectivity index (χ1n) is 11.7. The minimum absolute atomic E-state index is 0.0904. The largest absolute Gasteiger partial charge is 0.497 e. The molecule has 0 aliphatic carbocycles. The van der Waals surface area contributed by atoms with Crippen molar-refractivity contribution < 1.29 is 18.5 Å². The summed E-state index contributed by atoms with van der Waals surface area (Å²) in [4.78, 5) is 29.6. The lowest BCUT2D eigenvalue weighted by Gasteiger charge is -2.26. The van der Waals surface area contributed by atoms with E-state index in [4.69, 9.17) is 4.74 Å². The van der Waals surface area contributed by atoms with Crippen molar-refractivity contribution in [1.29, 1.82) is 0 Å². The van der Waals surface area contributed by atoms with Crippen LogP contribution < -0.4 is 10.1 Å². The van der Waals surface area contributed by atoms with E-state index in [2.05, 4.69) is 35.5 Å². The van der Waals surface area contributed by atoms with Gasteiger partial charge in [-0.1, -0.05) is 18.2 Å². The number of benzene rings is 2. The summed E-state index contributed by atoms with van der Waals surface area (Å²) >= 11 is 0. The van der Waals surface area contributed by atoms with Gasteiger partial charge in [-0.3, -0.25) is 9.59 Å². The van der Waals surface area contributed by atoms with Crippen LogP contribution in [-0.2, 0) is 40.1 Å². The number of aryl methyl sites for hydroxylation is 2. The number of amides is 2. The van der Waals surface area contributed by atoms with E-state index in [9.17, 15) is 13.8 Å². The van der Waals surface area contributed by atoms with Gasteiger partial charge in [0.05, 0.1) is 25.1 Å². The predicted octanol–water partition coefficient (Wildman–Crippen LogP) is 2.03. The van der Waals surface area contributed by atoms with Crippen molar-refractivity contribution in [1.82, 2.24) is 19.4 Å². The summed E-state index contributed by atoms with van der Waals surface area (Å²) in [5.74, 6) is 0.161. The van der Waals surface area contributed by atoms with Crippen molar-refractivity contribution in [3.8, 4) is 5.75 Å². The third-order valence-corrected chi connectivity index (χ3v) is 7.94. The number of rotatable bonds is 9. The molecule has 1 unspecified atom stereocenters. The number of likely N-dealkylation sites (N-methyl/N-ethyl adjacent to an activating group) is 3. The first-order chi connectivity index (χ1) is 16.6. The third-order valence-electron chi connectivity index (χ3n) is 6.25. The minimum atomic E-state index is -1.52. The Morgan fingerprint density at radius 1 is 1.11 bits per heavy atom. The second-order valence-corrected chi connectivity index (χ2v) is 10.8. The fraction of sp³-hybridized carbons (Fsp3) is 0.462. The number of carbonyl (C=O) groups is 2. The van der Waals surface area contributed by atoms with Crippen molar-refractivity contribution in [2.24, 2.45) is 0 Å². The Labute approximate surface area is 210 Å². The molecule has 0 radical (unpaired) electrons. The molecule has 190 valence electrons. The molecule has 1 aliphatic heterocycles. The molecule has 8 nitrogen and oxygen atoms in total. The molecule has 0 spiro atoms. The Bertz CT molecular complexity index is 1100. The molecule has 35 heavy (non-hydrogen) atoms. The SMILES string of the molecule is COc1cc(C)c(S(=O)N(C)CC(=O)NCC(=O)N(C)Cc2ccc3c(c2)CN(C)CC3)c(C)c1. The van der Waals surface area contributed by atoms with Crippen molar-refractivity contribution in [2.45, 2.75) is 38.3 Å². The average Bonchev–Trinajstić information content (AvgIpc) is 2.81. The van der Waals surface area contributed by atoms with Crippen LogP contribution in [0.5, 0.6) is 5.75 Å². The van der Waals surface area contributed by atoms with Gasteiger partial charge in [-0.2, -0.15) is 0 Å². The Kier molecular flexibility index (Phi) is 9.04. The molecule has 1 N–H and O–H groups in total. The highest BCUT2D eigenvalue weighted by molar-refractivity contribution is 7.82. The van der Waals surface area contributed by atoms with Gasteiger partial charge in [-0.15, -0.1) is 0 Å². The molecule has 2 aromatic carbocycles. The zero-order valence-electron chi connectivity index (χ0n) is 21.5. The molecule has 3 rings (SSSR count). The van der Waals surface area contributed by atoms with Gasteiger partial charge in [0.2, 0.25) is 11.8 Å².